The van der Waals surface area contributed by atoms with E-state index in [9.17, 15) is 32.9 Å². The van der Waals surface area contributed by atoms with E-state index in [0.717, 1.165) is 29.5 Å². The van der Waals surface area contributed by atoms with Gasteiger partial charge in [0, 0.05) is 31.7 Å². The van der Waals surface area contributed by atoms with Gasteiger partial charge in [-0.3, -0.25) is 4.98 Å². The summed E-state index contributed by atoms with van der Waals surface area (Å²) in [7, 11) is 1.37. The van der Waals surface area contributed by atoms with E-state index in [4.69, 9.17) is 21.1 Å². The van der Waals surface area contributed by atoms with Gasteiger partial charge in [0.2, 0.25) is 5.92 Å². The minimum atomic E-state index is -2.89. The second-order valence-electron chi connectivity index (χ2n) is 10.9. The topological polar surface area (TPSA) is 123 Å². The van der Waals surface area contributed by atoms with E-state index < -0.39 is 82.7 Å². The Morgan fingerprint density at radius 3 is 2.49 bits per heavy atom. The number of halogens is 5. The molecule has 0 amide bonds. The van der Waals surface area contributed by atoms with Crippen molar-refractivity contribution >= 4 is 23.4 Å². The molecule has 0 bridgehead atoms. The number of rotatable bonds is 8. The van der Waals surface area contributed by atoms with E-state index >= 15 is 0 Å². The van der Waals surface area contributed by atoms with Crippen molar-refractivity contribution in [3.8, 4) is 11.3 Å². The van der Waals surface area contributed by atoms with Crippen molar-refractivity contribution < 1.29 is 42.4 Å². The fourth-order valence-corrected chi connectivity index (χ4v) is 7.52. The highest BCUT2D eigenvalue weighted by Crippen LogP contribution is 2.53. The number of thioether (sulfide) groups is 1. The van der Waals surface area contributed by atoms with E-state index in [-0.39, 0.29) is 24.1 Å². The van der Waals surface area contributed by atoms with Crippen LogP contribution in [0.2, 0.25) is 5.02 Å². The van der Waals surface area contributed by atoms with Crippen LogP contribution in [0.25, 0.3) is 11.3 Å². The molecule has 0 unspecified atom stereocenters. The van der Waals surface area contributed by atoms with Crippen molar-refractivity contribution in [3.05, 3.63) is 64.6 Å². The monoisotopic (exact) mass is 646 g/mol. The van der Waals surface area contributed by atoms with Gasteiger partial charge in [-0.05, 0) is 43.5 Å². The summed E-state index contributed by atoms with van der Waals surface area (Å²) in [6, 6.07) is 4.50. The normalized spacial score (nSPS) is 27.6. The fourth-order valence-electron chi connectivity index (χ4n) is 5.64. The Balaban J connectivity index is 1.50. The summed E-state index contributed by atoms with van der Waals surface area (Å²) in [6.07, 6.45) is -1.94. The average Bonchev–Trinajstić information content (AvgIpc) is 3.46. The van der Waals surface area contributed by atoms with Crippen molar-refractivity contribution in [1.29, 1.82) is 0 Å². The molecule has 1 aliphatic carbocycles. The molecule has 1 saturated carbocycles. The Morgan fingerprint density at radius 1 is 1.21 bits per heavy atom. The lowest BCUT2D eigenvalue weighted by Gasteiger charge is -2.47. The predicted octanol–water partition coefficient (Wildman–Crippen LogP) is 4.63. The number of benzene rings is 1. The molecule has 6 atom stereocenters. The van der Waals surface area contributed by atoms with Crippen LogP contribution >= 0.6 is 23.4 Å². The van der Waals surface area contributed by atoms with Gasteiger partial charge in [0.25, 0.3) is 0 Å². The summed E-state index contributed by atoms with van der Waals surface area (Å²) in [6.45, 7) is 1.21. The average molecular weight is 647 g/mol. The largest absolute Gasteiger partial charge is 0.394 e. The van der Waals surface area contributed by atoms with E-state index in [1.807, 2.05) is 0 Å². The molecule has 1 aliphatic heterocycles. The molecule has 2 aromatic heterocycles. The van der Waals surface area contributed by atoms with Gasteiger partial charge < -0.3 is 24.8 Å². The Morgan fingerprint density at radius 2 is 1.88 bits per heavy atom. The molecule has 3 aromatic rings. The lowest BCUT2D eigenvalue weighted by Crippen LogP contribution is -2.56. The summed E-state index contributed by atoms with van der Waals surface area (Å²) in [5.41, 5.74) is -1.20. The van der Waals surface area contributed by atoms with Crippen molar-refractivity contribution in [2.45, 2.75) is 79.2 Å². The van der Waals surface area contributed by atoms with E-state index in [2.05, 4.69) is 15.3 Å². The maximum atomic E-state index is 14.1. The molecule has 5 rings (SSSR count). The predicted molar refractivity (Wildman–Crippen MR) is 150 cm³/mol. The molecule has 9 nitrogen and oxygen atoms in total. The highest BCUT2D eigenvalue weighted by molar-refractivity contribution is 8.00. The third-order valence-corrected chi connectivity index (χ3v) is 10.0. The number of aryl methyl sites for hydroxylation is 1. The molecule has 0 spiro atoms. The summed E-state index contributed by atoms with van der Waals surface area (Å²) in [5, 5.41) is 39.7. The lowest BCUT2D eigenvalue weighted by molar-refractivity contribution is -0.186. The molecule has 3 N–H and O–H groups in total. The standard InChI is InChI=1S/C28H31ClF4N4O5S/c1-14-4-3-9-34-21(14)25(27(40)5-7-28(32,33)8-6-27)43-26-24(41-2)22(23(39)19(13-38)42-26)37-12-18(35-36-37)15-10-16(30)20(29)17(31)11-15/h3-4,9-12,19,22-26,38-40H,5-8,13H2,1-2H3/t19-,22+,23+,24-,25-,26+/m1/s1. The number of aromatic nitrogens is 4. The van der Waals surface area contributed by atoms with Crippen molar-refractivity contribution in [3.63, 3.8) is 0 Å². The van der Waals surface area contributed by atoms with Crippen LogP contribution in [0, 0.1) is 18.6 Å². The minimum Gasteiger partial charge on any atom is -0.394 e. The van der Waals surface area contributed by atoms with Gasteiger partial charge in [0.05, 0.1) is 29.3 Å². The van der Waals surface area contributed by atoms with E-state index in [1.54, 1.807) is 25.3 Å². The summed E-state index contributed by atoms with van der Waals surface area (Å²) in [4.78, 5) is 4.48. The van der Waals surface area contributed by atoms with Crippen LogP contribution in [0.5, 0.6) is 0 Å². The molecule has 234 valence electrons. The van der Waals surface area contributed by atoms with Crippen LogP contribution in [0.15, 0.2) is 36.7 Å². The molecular weight excluding hydrogens is 616 g/mol. The third kappa shape index (κ3) is 6.42. The summed E-state index contributed by atoms with van der Waals surface area (Å²) >= 11 is 6.70. The lowest BCUT2D eigenvalue weighted by atomic mass is 9.79. The van der Waals surface area contributed by atoms with Crippen LogP contribution in [0.4, 0.5) is 17.6 Å². The first-order chi connectivity index (χ1) is 20.4. The minimum absolute atomic E-state index is 0.0489. The SMILES string of the molecule is CO[C@@H]1[C@@H](n2cc(-c3cc(F)c(Cl)c(F)c3)nn2)[C@@H](O)[C@@H](CO)O[C@H]1S[C@H](c1ncccc1C)C1(O)CCC(F)(F)CC1. The van der Waals surface area contributed by atoms with Crippen LogP contribution < -0.4 is 0 Å². The molecule has 1 saturated heterocycles. The number of methoxy groups -OCH3 is 1. The highest BCUT2D eigenvalue weighted by Gasteiger charge is 2.53. The smallest absolute Gasteiger partial charge is 0.248 e. The second-order valence-corrected chi connectivity index (χ2v) is 12.5. The van der Waals surface area contributed by atoms with Gasteiger partial charge in [0.1, 0.15) is 52.1 Å². The van der Waals surface area contributed by atoms with Gasteiger partial charge in [-0.1, -0.05) is 22.9 Å². The van der Waals surface area contributed by atoms with Crippen LogP contribution in [0.3, 0.4) is 0 Å². The van der Waals surface area contributed by atoms with Gasteiger partial charge in [-0.15, -0.1) is 16.9 Å². The molecule has 3 heterocycles. The number of pyridine rings is 1. The van der Waals surface area contributed by atoms with Crippen LogP contribution in [-0.4, -0.2) is 84.3 Å². The number of aliphatic hydroxyl groups excluding tert-OH is 2. The number of ether oxygens (including phenoxy) is 2. The van der Waals surface area contributed by atoms with Gasteiger partial charge >= 0.3 is 0 Å². The summed E-state index contributed by atoms with van der Waals surface area (Å²) < 4.78 is 69.7. The first-order valence-corrected chi connectivity index (χ1v) is 14.9. The maximum Gasteiger partial charge on any atom is 0.248 e. The van der Waals surface area contributed by atoms with Crippen molar-refractivity contribution in [2.24, 2.45) is 0 Å². The Kier molecular flexibility index (Phi) is 9.38. The zero-order valence-electron chi connectivity index (χ0n) is 23.2. The van der Waals surface area contributed by atoms with E-state index in [0.29, 0.717) is 5.69 Å². The fraction of sp³-hybridized carbons (Fsp3) is 0.536. The molecule has 43 heavy (non-hydrogen) atoms. The van der Waals surface area contributed by atoms with Gasteiger partial charge in [-0.25, -0.2) is 22.2 Å². The zero-order chi connectivity index (χ0) is 31.1. The molecular formula is C28H31ClF4N4O5S. The van der Waals surface area contributed by atoms with Gasteiger partial charge in [-0.2, -0.15) is 0 Å². The second kappa shape index (κ2) is 12.6. The van der Waals surface area contributed by atoms with E-state index in [1.165, 1.54) is 18.0 Å². The number of hydrogen-bond acceptors (Lipinski definition) is 9. The quantitative estimate of drug-likeness (QED) is 0.238. The summed E-state index contributed by atoms with van der Waals surface area (Å²) in [5.74, 6) is -4.87. The van der Waals surface area contributed by atoms with Gasteiger partial charge in [0.15, 0.2) is 0 Å². The first kappa shape index (κ1) is 32.1. The van der Waals surface area contributed by atoms with Crippen LogP contribution in [-0.2, 0) is 9.47 Å². The maximum absolute atomic E-state index is 14.1. The Bertz CT molecular complexity index is 1420. The molecule has 1 aromatic carbocycles. The molecule has 15 heteroatoms. The zero-order valence-corrected chi connectivity index (χ0v) is 24.8. The molecule has 2 aliphatic rings. The Labute approximate surface area is 254 Å². The van der Waals surface area contributed by atoms with Crippen molar-refractivity contribution in [2.75, 3.05) is 13.7 Å². The van der Waals surface area contributed by atoms with Crippen molar-refractivity contribution in [1.82, 2.24) is 20.0 Å². The number of aliphatic hydroxyl groups is 3. The highest BCUT2D eigenvalue weighted by atomic mass is 35.5. The third-order valence-electron chi connectivity index (χ3n) is 8.10. The Hall–Kier alpha value is -2.33. The number of hydrogen-bond donors (Lipinski definition) is 3. The number of nitrogens with zero attached hydrogens (tertiary/aromatic N) is 4. The van der Waals surface area contributed by atoms with Crippen LogP contribution in [0.1, 0.15) is 48.2 Å². The molecule has 0 radical (unpaired) electrons. The first-order valence-electron chi connectivity index (χ1n) is 13.6. The molecule has 2 fully saturated rings. The number of alkyl halides is 2.